The summed E-state index contributed by atoms with van der Waals surface area (Å²) < 4.78 is 1.55. The van der Waals surface area contributed by atoms with Gasteiger partial charge in [0.25, 0.3) is 5.91 Å². The van der Waals surface area contributed by atoms with Crippen molar-refractivity contribution >= 4 is 23.2 Å². The number of aryl methyl sites for hydroxylation is 1. The maximum Gasteiger partial charge on any atom is 0.261 e. The highest BCUT2D eigenvalue weighted by Gasteiger charge is 2.07. The summed E-state index contributed by atoms with van der Waals surface area (Å²) in [4.78, 5) is 11.9. The summed E-state index contributed by atoms with van der Waals surface area (Å²) in [6.07, 6.45) is 1.63. The lowest BCUT2D eigenvalue weighted by Crippen LogP contribution is -2.23. The molecule has 6 heteroatoms. The Morgan fingerprint density at radius 1 is 1.23 bits per heavy atom. The number of hydrogen-bond donors (Lipinski definition) is 1. The third kappa shape index (κ3) is 3.01. The number of nitrogens with zero attached hydrogens (tertiary/aromatic N) is 4. The fourth-order valence-corrected chi connectivity index (χ4v) is 2.11. The van der Waals surface area contributed by atoms with Gasteiger partial charge in [-0.25, -0.2) is 10.1 Å². The molecule has 0 spiro atoms. The van der Waals surface area contributed by atoms with Gasteiger partial charge < -0.3 is 0 Å². The van der Waals surface area contributed by atoms with Crippen LogP contribution >= 0.6 is 0 Å². The minimum absolute atomic E-state index is 0.0750. The highest BCUT2D eigenvalue weighted by molar-refractivity contribution is 5.84. The van der Waals surface area contributed by atoms with E-state index in [-0.39, 0.29) is 12.5 Å². The van der Waals surface area contributed by atoms with E-state index in [1.54, 1.807) is 10.9 Å². The molecule has 1 aromatic heterocycles. The highest BCUT2D eigenvalue weighted by atomic mass is 16.2. The number of carbonyl (C=O) groups is 1. The second-order valence-corrected chi connectivity index (χ2v) is 4.89. The van der Waals surface area contributed by atoms with Crippen molar-refractivity contribution in [3.05, 3.63) is 59.7 Å². The predicted octanol–water partition coefficient (Wildman–Crippen LogP) is 1.89. The summed E-state index contributed by atoms with van der Waals surface area (Å²) in [5.41, 5.74) is 6.15. The molecule has 1 amide bonds. The summed E-state index contributed by atoms with van der Waals surface area (Å²) in [6.45, 7) is 2.07. The van der Waals surface area contributed by atoms with Crippen LogP contribution in [0, 0.1) is 6.92 Å². The number of fused-ring (bicyclic) bond motifs is 1. The summed E-state index contributed by atoms with van der Waals surface area (Å²) in [5.74, 6) is -0.250. The maximum atomic E-state index is 11.9. The number of carbonyl (C=O) groups excluding carboxylic acids is 1. The smallest absolute Gasteiger partial charge is 0.261 e. The molecule has 0 radical (unpaired) electrons. The van der Waals surface area contributed by atoms with Crippen molar-refractivity contribution in [2.75, 3.05) is 0 Å². The summed E-state index contributed by atoms with van der Waals surface area (Å²) >= 11 is 0. The van der Waals surface area contributed by atoms with Crippen molar-refractivity contribution in [1.29, 1.82) is 0 Å². The number of para-hydroxylation sites is 1. The van der Waals surface area contributed by atoms with Crippen LogP contribution in [0.3, 0.4) is 0 Å². The topological polar surface area (TPSA) is 72.2 Å². The van der Waals surface area contributed by atoms with E-state index >= 15 is 0 Å². The Balaban J connectivity index is 1.65. The molecule has 0 saturated carbocycles. The number of aromatic nitrogens is 3. The molecular weight excluding hydrogens is 278 g/mol. The van der Waals surface area contributed by atoms with Crippen molar-refractivity contribution in [1.82, 2.24) is 20.4 Å². The Hall–Kier alpha value is -3.02. The molecule has 0 saturated heterocycles. The van der Waals surface area contributed by atoms with Gasteiger partial charge in [0.05, 0.1) is 11.7 Å². The van der Waals surface area contributed by atoms with Crippen LogP contribution in [0.15, 0.2) is 53.6 Å². The Kier molecular flexibility index (Phi) is 3.91. The van der Waals surface area contributed by atoms with Gasteiger partial charge in [-0.05, 0) is 30.2 Å². The van der Waals surface area contributed by atoms with Crippen LogP contribution in [0.25, 0.3) is 11.0 Å². The Morgan fingerprint density at radius 3 is 2.86 bits per heavy atom. The van der Waals surface area contributed by atoms with Crippen LogP contribution in [0.2, 0.25) is 0 Å². The lowest BCUT2D eigenvalue weighted by Gasteiger charge is -2.01. The van der Waals surface area contributed by atoms with Crippen molar-refractivity contribution in [2.45, 2.75) is 13.5 Å². The van der Waals surface area contributed by atoms with Gasteiger partial charge >= 0.3 is 0 Å². The first-order valence-corrected chi connectivity index (χ1v) is 6.90. The standard InChI is InChI=1S/C16H15N5O/c1-12-6-2-3-7-13(12)10-17-19-16(22)11-21-15-9-5-4-8-14(15)18-20-21/h2-10H,11H2,1H3,(H,19,22). The Morgan fingerprint density at radius 2 is 2.00 bits per heavy atom. The highest BCUT2D eigenvalue weighted by Crippen LogP contribution is 2.09. The Bertz CT molecular complexity index is 837. The zero-order valence-electron chi connectivity index (χ0n) is 12.1. The average molecular weight is 293 g/mol. The second-order valence-electron chi connectivity index (χ2n) is 4.89. The van der Waals surface area contributed by atoms with Crippen LogP contribution < -0.4 is 5.43 Å². The minimum Gasteiger partial charge on any atom is -0.271 e. The van der Waals surface area contributed by atoms with Gasteiger partial charge in [-0.3, -0.25) is 4.79 Å². The average Bonchev–Trinajstić information content (AvgIpc) is 2.92. The van der Waals surface area contributed by atoms with Crippen LogP contribution in [-0.2, 0) is 11.3 Å². The molecule has 1 heterocycles. The van der Waals surface area contributed by atoms with Gasteiger partial charge in [0.15, 0.2) is 0 Å². The van der Waals surface area contributed by atoms with E-state index in [4.69, 9.17) is 0 Å². The SMILES string of the molecule is Cc1ccccc1C=NNC(=O)Cn1nnc2ccccc21. The van der Waals surface area contributed by atoms with Gasteiger partial charge in [-0.15, -0.1) is 5.10 Å². The van der Waals surface area contributed by atoms with Gasteiger partial charge in [0.2, 0.25) is 0 Å². The molecule has 22 heavy (non-hydrogen) atoms. The molecule has 0 atom stereocenters. The first-order chi connectivity index (χ1) is 10.7. The van der Waals surface area contributed by atoms with E-state index in [0.717, 1.165) is 22.2 Å². The van der Waals surface area contributed by atoms with Gasteiger partial charge in [-0.2, -0.15) is 5.10 Å². The molecule has 2 aromatic carbocycles. The molecule has 0 bridgehead atoms. The first kappa shape index (κ1) is 13.9. The number of benzene rings is 2. The van der Waals surface area contributed by atoms with Crippen molar-refractivity contribution < 1.29 is 4.79 Å². The third-order valence-electron chi connectivity index (χ3n) is 3.29. The fourth-order valence-electron chi connectivity index (χ4n) is 2.11. The third-order valence-corrected chi connectivity index (χ3v) is 3.29. The number of rotatable bonds is 4. The fraction of sp³-hybridized carbons (Fsp3) is 0.125. The van der Waals surface area contributed by atoms with Crippen LogP contribution in [-0.4, -0.2) is 27.1 Å². The van der Waals surface area contributed by atoms with Crippen LogP contribution in [0.1, 0.15) is 11.1 Å². The lowest BCUT2D eigenvalue weighted by molar-refractivity contribution is -0.121. The largest absolute Gasteiger partial charge is 0.271 e. The van der Waals surface area contributed by atoms with Gasteiger partial charge in [0.1, 0.15) is 12.1 Å². The molecule has 6 nitrogen and oxygen atoms in total. The predicted molar refractivity (Wildman–Crippen MR) is 84.4 cm³/mol. The lowest BCUT2D eigenvalue weighted by atomic mass is 10.1. The molecule has 110 valence electrons. The zero-order chi connectivity index (χ0) is 15.4. The summed E-state index contributed by atoms with van der Waals surface area (Å²) in [5, 5.41) is 12.0. The normalized spacial score (nSPS) is 11.1. The van der Waals surface area contributed by atoms with E-state index in [9.17, 15) is 4.79 Å². The molecule has 0 aliphatic carbocycles. The number of hydrazone groups is 1. The molecule has 3 aromatic rings. The van der Waals surface area contributed by atoms with E-state index in [1.165, 1.54) is 0 Å². The molecular formula is C16H15N5O. The van der Waals surface area contributed by atoms with E-state index < -0.39 is 0 Å². The summed E-state index contributed by atoms with van der Waals surface area (Å²) in [6, 6.07) is 15.3. The van der Waals surface area contributed by atoms with Crippen LogP contribution in [0.4, 0.5) is 0 Å². The number of amides is 1. The van der Waals surface area contributed by atoms with E-state index in [1.807, 2.05) is 55.5 Å². The quantitative estimate of drug-likeness (QED) is 0.590. The molecule has 0 unspecified atom stereocenters. The summed E-state index contributed by atoms with van der Waals surface area (Å²) in [7, 11) is 0. The van der Waals surface area contributed by atoms with E-state index in [2.05, 4.69) is 20.8 Å². The molecule has 0 aliphatic rings. The molecule has 3 rings (SSSR count). The van der Waals surface area contributed by atoms with Gasteiger partial charge in [-0.1, -0.05) is 41.6 Å². The van der Waals surface area contributed by atoms with Crippen molar-refractivity contribution in [2.24, 2.45) is 5.10 Å². The number of nitrogens with one attached hydrogen (secondary N) is 1. The number of hydrogen-bond acceptors (Lipinski definition) is 4. The maximum absolute atomic E-state index is 11.9. The molecule has 1 N–H and O–H groups in total. The zero-order valence-corrected chi connectivity index (χ0v) is 12.1. The minimum atomic E-state index is -0.250. The molecule has 0 fully saturated rings. The molecule has 0 aliphatic heterocycles. The van der Waals surface area contributed by atoms with Crippen LogP contribution in [0.5, 0.6) is 0 Å². The second kappa shape index (κ2) is 6.17. The first-order valence-electron chi connectivity index (χ1n) is 6.90. The van der Waals surface area contributed by atoms with Gasteiger partial charge in [0, 0.05) is 0 Å². The van der Waals surface area contributed by atoms with Crippen molar-refractivity contribution in [3.8, 4) is 0 Å². The van der Waals surface area contributed by atoms with E-state index in [0.29, 0.717) is 0 Å². The monoisotopic (exact) mass is 293 g/mol. The Labute approximate surface area is 127 Å². The van der Waals surface area contributed by atoms with Crippen molar-refractivity contribution in [3.63, 3.8) is 0 Å².